The monoisotopic (exact) mass is 360 g/mol. The van der Waals surface area contributed by atoms with E-state index in [9.17, 15) is 0 Å². The molecule has 3 aromatic rings. The van der Waals surface area contributed by atoms with Crippen LogP contribution in [0.2, 0.25) is 4.34 Å². The number of ether oxygens (including phenoxy) is 1. The Morgan fingerprint density at radius 3 is 3.04 bits per heavy atom. The molecule has 4 heterocycles. The molecule has 0 amide bonds. The molecule has 1 unspecified atom stereocenters. The second kappa shape index (κ2) is 7.03. The first-order chi connectivity index (χ1) is 11.8. The molecule has 1 aliphatic heterocycles. The van der Waals surface area contributed by atoms with Gasteiger partial charge in [0, 0.05) is 19.3 Å². The number of H-pyrrole nitrogens is 1. The van der Waals surface area contributed by atoms with Crippen molar-refractivity contribution >= 4 is 22.9 Å². The van der Waals surface area contributed by atoms with Gasteiger partial charge in [0.25, 0.3) is 0 Å². The number of hydrogen-bond acceptors (Lipinski definition) is 5. The Labute approximate surface area is 149 Å². The Hall–Kier alpha value is -1.73. The number of thiophene rings is 1. The highest BCUT2D eigenvalue weighted by atomic mass is 35.5. The Balaban J connectivity index is 1.55. The zero-order valence-electron chi connectivity index (χ0n) is 13.0. The van der Waals surface area contributed by atoms with Crippen molar-refractivity contribution in [1.82, 2.24) is 19.9 Å². The molecule has 4 rings (SSSR count). The third-order valence-electron chi connectivity index (χ3n) is 4.08. The second-order valence-corrected chi connectivity index (χ2v) is 7.38. The number of nitrogens with zero attached hydrogens (tertiary/aromatic N) is 3. The van der Waals surface area contributed by atoms with E-state index in [4.69, 9.17) is 16.3 Å². The van der Waals surface area contributed by atoms with E-state index in [0.29, 0.717) is 6.61 Å². The number of nitrogens with one attached hydrogen (secondary N) is 1. The van der Waals surface area contributed by atoms with Crippen LogP contribution in [0, 0.1) is 0 Å². The Kier molecular flexibility index (Phi) is 4.62. The summed E-state index contributed by atoms with van der Waals surface area (Å²) in [5.41, 5.74) is 2.05. The maximum atomic E-state index is 6.03. The van der Waals surface area contributed by atoms with E-state index in [2.05, 4.69) is 19.9 Å². The Bertz CT molecular complexity index is 804. The van der Waals surface area contributed by atoms with Crippen LogP contribution in [-0.2, 0) is 11.3 Å². The minimum atomic E-state index is 0.102. The van der Waals surface area contributed by atoms with Gasteiger partial charge in [-0.15, -0.1) is 11.3 Å². The lowest BCUT2D eigenvalue weighted by Crippen LogP contribution is -2.39. The number of aromatic amines is 1. The van der Waals surface area contributed by atoms with Crippen LogP contribution in [-0.4, -0.2) is 39.6 Å². The normalized spacial score (nSPS) is 18.8. The Morgan fingerprint density at radius 1 is 1.29 bits per heavy atom. The molecular weight excluding hydrogens is 344 g/mol. The number of rotatable bonds is 4. The number of pyridine rings is 1. The van der Waals surface area contributed by atoms with E-state index >= 15 is 0 Å². The maximum absolute atomic E-state index is 6.03. The summed E-state index contributed by atoms with van der Waals surface area (Å²) < 4.78 is 6.46. The van der Waals surface area contributed by atoms with Crippen LogP contribution in [0.3, 0.4) is 0 Å². The molecule has 1 aliphatic rings. The van der Waals surface area contributed by atoms with Crippen molar-refractivity contribution in [3.05, 3.63) is 58.6 Å². The first-order valence-corrected chi connectivity index (χ1v) is 9.01. The van der Waals surface area contributed by atoms with Gasteiger partial charge in [-0.25, -0.2) is 4.98 Å². The molecule has 1 fully saturated rings. The summed E-state index contributed by atoms with van der Waals surface area (Å²) in [6.45, 7) is 3.01. The van der Waals surface area contributed by atoms with Crippen LogP contribution < -0.4 is 0 Å². The lowest BCUT2D eigenvalue weighted by molar-refractivity contribution is -0.0161. The molecule has 7 heteroatoms. The van der Waals surface area contributed by atoms with Gasteiger partial charge in [0.05, 0.1) is 46.1 Å². The van der Waals surface area contributed by atoms with Crippen LogP contribution >= 0.6 is 22.9 Å². The van der Waals surface area contributed by atoms with Gasteiger partial charge in [-0.1, -0.05) is 17.7 Å². The van der Waals surface area contributed by atoms with E-state index in [1.165, 1.54) is 0 Å². The first-order valence-electron chi connectivity index (χ1n) is 7.82. The summed E-state index contributed by atoms with van der Waals surface area (Å²) in [6.07, 6.45) is 3.70. The highest BCUT2D eigenvalue weighted by Gasteiger charge is 2.27. The molecule has 0 aliphatic carbocycles. The third kappa shape index (κ3) is 3.37. The van der Waals surface area contributed by atoms with Gasteiger partial charge in [0.15, 0.2) is 0 Å². The predicted molar refractivity (Wildman–Crippen MR) is 95.1 cm³/mol. The molecule has 3 aromatic heterocycles. The van der Waals surface area contributed by atoms with Gasteiger partial charge in [0.2, 0.25) is 0 Å². The average Bonchev–Trinajstić information content (AvgIpc) is 3.25. The lowest BCUT2D eigenvalue weighted by Gasteiger charge is -2.34. The van der Waals surface area contributed by atoms with Crippen molar-refractivity contribution in [2.75, 3.05) is 19.8 Å². The van der Waals surface area contributed by atoms with E-state index in [-0.39, 0.29) is 6.04 Å². The molecule has 0 bridgehead atoms. The fourth-order valence-corrected chi connectivity index (χ4v) is 3.88. The summed E-state index contributed by atoms with van der Waals surface area (Å²) in [5.74, 6) is 0.921. The number of aromatic nitrogens is 3. The maximum Gasteiger partial charge on any atom is 0.126 e. The van der Waals surface area contributed by atoms with E-state index in [0.717, 1.165) is 46.1 Å². The second-order valence-electron chi connectivity index (χ2n) is 5.67. The van der Waals surface area contributed by atoms with Gasteiger partial charge < -0.3 is 9.72 Å². The summed E-state index contributed by atoms with van der Waals surface area (Å²) >= 11 is 7.57. The van der Waals surface area contributed by atoms with Gasteiger partial charge >= 0.3 is 0 Å². The van der Waals surface area contributed by atoms with Crippen molar-refractivity contribution in [2.24, 2.45) is 0 Å². The van der Waals surface area contributed by atoms with Gasteiger partial charge in [-0.3, -0.25) is 9.88 Å². The smallest absolute Gasteiger partial charge is 0.126 e. The third-order valence-corrected chi connectivity index (χ3v) is 5.34. The molecule has 5 nitrogen and oxygen atoms in total. The van der Waals surface area contributed by atoms with Gasteiger partial charge in [-0.2, -0.15) is 0 Å². The van der Waals surface area contributed by atoms with Crippen molar-refractivity contribution in [2.45, 2.75) is 12.6 Å². The van der Waals surface area contributed by atoms with Gasteiger partial charge in [-0.05, 0) is 24.3 Å². The standard InChI is InChI=1S/C17H17ClN4OS/c18-16-5-4-15(24-16)13-9-20-17(21-13)14-11-23-8-7-22(14)10-12-3-1-2-6-19-12/h1-6,9,14H,7-8,10-11H2,(H,20,21). The minimum Gasteiger partial charge on any atom is -0.378 e. The fraction of sp³-hybridized carbons (Fsp3) is 0.294. The highest BCUT2D eigenvalue weighted by molar-refractivity contribution is 7.19. The topological polar surface area (TPSA) is 54.0 Å². The average molecular weight is 361 g/mol. The number of morpholine rings is 1. The molecule has 1 N–H and O–H groups in total. The molecule has 124 valence electrons. The van der Waals surface area contributed by atoms with E-state index in [1.54, 1.807) is 11.3 Å². The zero-order chi connectivity index (χ0) is 16.4. The number of halogens is 1. The molecule has 24 heavy (non-hydrogen) atoms. The molecular formula is C17H17ClN4OS. The minimum absolute atomic E-state index is 0.102. The van der Waals surface area contributed by atoms with Crippen molar-refractivity contribution < 1.29 is 4.74 Å². The zero-order valence-corrected chi connectivity index (χ0v) is 14.6. The van der Waals surface area contributed by atoms with Crippen LogP contribution in [0.15, 0.2) is 42.7 Å². The van der Waals surface area contributed by atoms with Crippen LogP contribution in [0.25, 0.3) is 10.6 Å². The quantitative estimate of drug-likeness (QED) is 0.769. The summed E-state index contributed by atoms with van der Waals surface area (Å²) in [4.78, 5) is 15.9. The SMILES string of the molecule is Clc1ccc(-c2cnc(C3COCCN3Cc3ccccn3)[nH]2)s1. The number of hydrogen-bond donors (Lipinski definition) is 1. The molecule has 0 aromatic carbocycles. The molecule has 1 atom stereocenters. The highest BCUT2D eigenvalue weighted by Crippen LogP contribution is 2.31. The summed E-state index contributed by atoms with van der Waals surface area (Å²) in [6, 6.07) is 10.0. The first kappa shape index (κ1) is 15.8. The van der Waals surface area contributed by atoms with Crippen molar-refractivity contribution in [3.8, 4) is 10.6 Å². The molecule has 0 saturated carbocycles. The van der Waals surface area contributed by atoms with E-state index in [1.807, 2.05) is 42.7 Å². The largest absolute Gasteiger partial charge is 0.378 e. The lowest BCUT2D eigenvalue weighted by atomic mass is 10.2. The van der Waals surface area contributed by atoms with Crippen LogP contribution in [0.4, 0.5) is 0 Å². The predicted octanol–water partition coefficient (Wildman–Crippen LogP) is 3.76. The van der Waals surface area contributed by atoms with E-state index < -0.39 is 0 Å². The molecule has 0 radical (unpaired) electrons. The van der Waals surface area contributed by atoms with Crippen LogP contribution in [0.5, 0.6) is 0 Å². The Morgan fingerprint density at radius 2 is 2.25 bits per heavy atom. The van der Waals surface area contributed by atoms with Gasteiger partial charge in [0.1, 0.15) is 5.82 Å². The molecule has 0 spiro atoms. The summed E-state index contributed by atoms with van der Waals surface area (Å²) in [7, 11) is 0. The van der Waals surface area contributed by atoms with Crippen molar-refractivity contribution in [1.29, 1.82) is 0 Å². The van der Waals surface area contributed by atoms with Crippen molar-refractivity contribution in [3.63, 3.8) is 0 Å². The summed E-state index contributed by atoms with van der Waals surface area (Å²) in [5, 5.41) is 0. The fourth-order valence-electron chi connectivity index (χ4n) is 2.87. The van der Waals surface area contributed by atoms with Crippen LogP contribution in [0.1, 0.15) is 17.6 Å². The number of imidazole rings is 1. The molecule has 1 saturated heterocycles.